The van der Waals surface area contributed by atoms with Gasteiger partial charge in [0.2, 0.25) is 0 Å². The average Bonchev–Trinajstić information content (AvgIpc) is 3.39. The smallest absolute Gasteiger partial charge is 0.306 e. The second-order valence-electron chi connectivity index (χ2n) is 22.0. The lowest BCUT2D eigenvalue weighted by Crippen LogP contribution is -2.30. The highest BCUT2D eigenvalue weighted by atomic mass is 16.6. The number of hydrogen-bond acceptors (Lipinski definition) is 6. The third-order valence-electron chi connectivity index (χ3n) is 14.6. The van der Waals surface area contributed by atoms with Crippen LogP contribution in [-0.2, 0) is 28.6 Å². The van der Waals surface area contributed by atoms with Crippen LogP contribution in [0.4, 0.5) is 0 Å². The first-order chi connectivity index (χ1) is 36.0. The van der Waals surface area contributed by atoms with E-state index in [4.69, 9.17) is 14.2 Å². The van der Waals surface area contributed by atoms with E-state index in [2.05, 4.69) is 57.2 Å². The van der Waals surface area contributed by atoms with Gasteiger partial charge in [0.05, 0.1) is 0 Å². The summed E-state index contributed by atoms with van der Waals surface area (Å²) >= 11 is 0. The van der Waals surface area contributed by atoms with Crippen molar-refractivity contribution in [3.8, 4) is 0 Å². The molecular formula is C67H124O6. The molecule has 0 amide bonds. The number of allylic oxidation sites excluding steroid dienone is 6. The van der Waals surface area contributed by atoms with Crippen LogP contribution in [0.5, 0.6) is 0 Å². The van der Waals surface area contributed by atoms with Crippen molar-refractivity contribution in [2.45, 2.75) is 361 Å². The van der Waals surface area contributed by atoms with Crippen molar-refractivity contribution >= 4 is 17.9 Å². The van der Waals surface area contributed by atoms with Gasteiger partial charge in [-0.05, 0) is 77.0 Å². The van der Waals surface area contributed by atoms with Gasteiger partial charge in [-0.2, -0.15) is 0 Å². The number of rotatable bonds is 60. The highest BCUT2D eigenvalue weighted by Crippen LogP contribution is 2.17. The Balaban J connectivity index is 4.20. The van der Waals surface area contributed by atoms with Gasteiger partial charge >= 0.3 is 17.9 Å². The molecule has 0 aromatic carbocycles. The van der Waals surface area contributed by atoms with Gasteiger partial charge in [0, 0.05) is 19.3 Å². The fraction of sp³-hybridized carbons (Fsp3) is 0.866. The third-order valence-corrected chi connectivity index (χ3v) is 14.6. The molecule has 0 aliphatic heterocycles. The summed E-state index contributed by atoms with van der Waals surface area (Å²) in [4.78, 5) is 38.2. The number of esters is 3. The maximum Gasteiger partial charge on any atom is 0.306 e. The Kier molecular flexibility index (Phi) is 60.2. The van der Waals surface area contributed by atoms with Crippen molar-refractivity contribution < 1.29 is 28.6 Å². The van der Waals surface area contributed by atoms with Crippen LogP contribution in [0, 0.1) is 0 Å². The first-order valence-corrected chi connectivity index (χ1v) is 32.5. The number of hydrogen-bond donors (Lipinski definition) is 0. The van der Waals surface area contributed by atoms with E-state index in [1.807, 2.05) is 0 Å². The van der Waals surface area contributed by atoms with Gasteiger partial charge in [-0.15, -0.1) is 0 Å². The van der Waals surface area contributed by atoms with E-state index >= 15 is 0 Å². The lowest BCUT2D eigenvalue weighted by atomic mass is 10.0. The number of carbonyl (C=O) groups is 3. The van der Waals surface area contributed by atoms with E-state index in [1.54, 1.807) is 0 Å². The molecule has 0 spiro atoms. The minimum Gasteiger partial charge on any atom is -0.462 e. The zero-order valence-electron chi connectivity index (χ0n) is 49.2. The van der Waals surface area contributed by atoms with E-state index in [9.17, 15) is 14.4 Å². The highest BCUT2D eigenvalue weighted by molar-refractivity contribution is 5.71. The predicted molar refractivity (Wildman–Crippen MR) is 316 cm³/mol. The SMILES string of the molecule is CCCCC/C=C\C/C=C\CCCCCCCC(=O)OC(COC(=O)CCCCCCCCCCCCCCC)COC(=O)CCCCCCCCCCCCCCCCC/C=C\CCCCCCCCCC. The Labute approximate surface area is 455 Å². The van der Waals surface area contributed by atoms with Crippen molar-refractivity contribution in [1.82, 2.24) is 0 Å². The molecule has 0 rings (SSSR count). The summed E-state index contributed by atoms with van der Waals surface area (Å²) in [6.07, 6.45) is 75.9. The molecular weight excluding hydrogens is 901 g/mol. The summed E-state index contributed by atoms with van der Waals surface area (Å²) in [5.41, 5.74) is 0. The molecule has 0 saturated carbocycles. The molecule has 73 heavy (non-hydrogen) atoms. The zero-order chi connectivity index (χ0) is 52.9. The first kappa shape index (κ1) is 70.6. The Bertz CT molecular complexity index is 1220. The summed E-state index contributed by atoms with van der Waals surface area (Å²) in [5.74, 6) is -0.865. The number of carbonyl (C=O) groups excluding carboxylic acids is 3. The third kappa shape index (κ3) is 60.4. The summed E-state index contributed by atoms with van der Waals surface area (Å²) in [7, 11) is 0. The summed E-state index contributed by atoms with van der Waals surface area (Å²) in [6, 6.07) is 0. The van der Waals surface area contributed by atoms with Gasteiger partial charge in [0.25, 0.3) is 0 Å². The standard InChI is InChI=1S/C67H124O6/c1-4-7-10-13-16-19-22-25-27-28-29-30-31-32-33-34-35-36-37-38-40-42-45-48-51-54-57-60-66(69)72-63-64(62-71-65(68)59-56-53-50-47-44-41-24-21-18-15-12-9-6-3)73-67(70)61-58-55-52-49-46-43-39-26-23-20-17-14-11-8-5-2/h17,20,26,28-29,39,64H,4-16,18-19,21-25,27,30-38,40-63H2,1-3H3/b20-17-,29-28-,39-26-. The van der Waals surface area contributed by atoms with Crippen LogP contribution in [0.15, 0.2) is 36.5 Å². The van der Waals surface area contributed by atoms with Crippen molar-refractivity contribution in [3.63, 3.8) is 0 Å². The second-order valence-corrected chi connectivity index (χ2v) is 22.0. The lowest BCUT2D eigenvalue weighted by Gasteiger charge is -2.18. The Morgan fingerprint density at radius 3 is 0.795 bits per heavy atom. The van der Waals surface area contributed by atoms with E-state index in [0.29, 0.717) is 19.3 Å². The van der Waals surface area contributed by atoms with Crippen LogP contribution in [0.25, 0.3) is 0 Å². The quantitative estimate of drug-likeness (QED) is 0.0261. The zero-order valence-corrected chi connectivity index (χ0v) is 49.2. The Morgan fingerprint density at radius 2 is 0.493 bits per heavy atom. The Morgan fingerprint density at radius 1 is 0.274 bits per heavy atom. The van der Waals surface area contributed by atoms with Gasteiger partial charge in [-0.25, -0.2) is 0 Å². The minimum absolute atomic E-state index is 0.0732. The molecule has 1 unspecified atom stereocenters. The van der Waals surface area contributed by atoms with E-state index in [-0.39, 0.29) is 31.1 Å². The fourth-order valence-corrected chi connectivity index (χ4v) is 9.71. The summed E-state index contributed by atoms with van der Waals surface area (Å²) < 4.78 is 16.9. The van der Waals surface area contributed by atoms with E-state index in [0.717, 1.165) is 83.5 Å². The summed E-state index contributed by atoms with van der Waals surface area (Å²) in [6.45, 7) is 6.65. The molecule has 0 fully saturated rings. The maximum absolute atomic E-state index is 12.9. The maximum atomic E-state index is 12.9. The Hall–Kier alpha value is -2.37. The van der Waals surface area contributed by atoms with Gasteiger partial charge < -0.3 is 14.2 Å². The highest BCUT2D eigenvalue weighted by Gasteiger charge is 2.19. The van der Waals surface area contributed by atoms with Crippen LogP contribution < -0.4 is 0 Å². The molecule has 0 bridgehead atoms. The first-order valence-electron chi connectivity index (χ1n) is 32.5. The molecule has 0 aliphatic carbocycles. The van der Waals surface area contributed by atoms with Crippen molar-refractivity contribution in [2.24, 2.45) is 0 Å². The molecule has 1 atom stereocenters. The second kappa shape index (κ2) is 62.2. The van der Waals surface area contributed by atoms with Crippen LogP contribution in [0.2, 0.25) is 0 Å². The van der Waals surface area contributed by atoms with Crippen molar-refractivity contribution in [3.05, 3.63) is 36.5 Å². The minimum atomic E-state index is -0.776. The van der Waals surface area contributed by atoms with Gasteiger partial charge in [0.15, 0.2) is 6.10 Å². The number of unbranched alkanes of at least 4 members (excludes halogenated alkanes) is 43. The molecule has 0 aromatic heterocycles. The molecule has 6 heteroatoms. The van der Waals surface area contributed by atoms with E-state index in [1.165, 1.54) is 231 Å². The van der Waals surface area contributed by atoms with Crippen molar-refractivity contribution in [2.75, 3.05) is 13.2 Å². The fourth-order valence-electron chi connectivity index (χ4n) is 9.71. The van der Waals surface area contributed by atoms with Gasteiger partial charge in [0.1, 0.15) is 13.2 Å². The largest absolute Gasteiger partial charge is 0.462 e. The molecule has 0 aliphatic rings. The number of ether oxygens (including phenoxy) is 3. The van der Waals surface area contributed by atoms with Gasteiger partial charge in [-0.1, -0.05) is 295 Å². The van der Waals surface area contributed by atoms with Crippen LogP contribution in [-0.4, -0.2) is 37.2 Å². The van der Waals surface area contributed by atoms with Crippen LogP contribution in [0.3, 0.4) is 0 Å². The van der Waals surface area contributed by atoms with Crippen molar-refractivity contribution in [1.29, 1.82) is 0 Å². The molecule has 0 saturated heterocycles. The molecule has 0 aromatic rings. The van der Waals surface area contributed by atoms with E-state index < -0.39 is 6.10 Å². The summed E-state index contributed by atoms with van der Waals surface area (Å²) in [5, 5.41) is 0. The topological polar surface area (TPSA) is 78.9 Å². The van der Waals surface area contributed by atoms with Crippen LogP contribution >= 0.6 is 0 Å². The lowest BCUT2D eigenvalue weighted by molar-refractivity contribution is -0.167. The average molecular weight is 1030 g/mol. The molecule has 6 nitrogen and oxygen atoms in total. The van der Waals surface area contributed by atoms with Crippen LogP contribution in [0.1, 0.15) is 355 Å². The molecule has 428 valence electrons. The molecule has 0 heterocycles. The normalized spacial score (nSPS) is 12.2. The predicted octanol–water partition coefficient (Wildman–Crippen LogP) is 22.0. The monoisotopic (exact) mass is 1020 g/mol. The van der Waals surface area contributed by atoms with Gasteiger partial charge in [-0.3, -0.25) is 14.4 Å². The molecule has 0 radical (unpaired) electrons. The molecule has 0 N–H and O–H groups in total.